The monoisotopic (exact) mass is 890 g/mol. The number of esters is 1. The molecule has 1 aliphatic heterocycles. The summed E-state index contributed by atoms with van der Waals surface area (Å²) in [6.07, 6.45) is 41.7. The predicted molar refractivity (Wildman–Crippen MR) is 255 cm³/mol. The number of unbranched alkanes of at least 4 members (excludes halogenated alkanes) is 19. The van der Waals surface area contributed by atoms with E-state index in [0.29, 0.717) is 19.4 Å². The number of amides is 1. The number of hydrogen-bond donors (Lipinski definition) is 6. The SMILES string of the molecule is CCCC/C=C\CCCCCCCC(=O)OCCCCCCCC/C=C\C/C=C\CCC(=O)NC(COC1OC(CO)C(O)C(O)C1O)C(O)/C=C/CC/C=C/CCCCCCC. The highest BCUT2D eigenvalue weighted by Crippen LogP contribution is 2.22. The summed E-state index contributed by atoms with van der Waals surface area (Å²) in [5, 5.41) is 54.0. The Morgan fingerprint density at radius 3 is 1.75 bits per heavy atom. The number of allylic oxidation sites excluding steroid dienone is 9. The summed E-state index contributed by atoms with van der Waals surface area (Å²) in [6.45, 7) is 4.14. The van der Waals surface area contributed by atoms with Gasteiger partial charge in [-0.15, -0.1) is 0 Å². The molecule has 7 unspecified atom stereocenters. The summed E-state index contributed by atoms with van der Waals surface area (Å²) in [5.41, 5.74) is 0. The number of carbonyl (C=O) groups is 2. The normalized spacial score (nSPS) is 20.5. The molecule has 1 amide bonds. The third-order valence-corrected chi connectivity index (χ3v) is 11.3. The van der Waals surface area contributed by atoms with Crippen LogP contribution >= 0.6 is 0 Å². The minimum atomic E-state index is -1.59. The maximum absolute atomic E-state index is 12.9. The van der Waals surface area contributed by atoms with Crippen molar-refractivity contribution in [3.63, 3.8) is 0 Å². The van der Waals surface area contributed by atoms with Crippen LogP contribution in [0, 0.1) is 0 Å². The predicted octanol–water partition coefficient (Wildman–Crippen LogP) is 9.94. The Labute approximate surface area is 382 Å². The standard InChI is InChI=1S/C52H91NO10/c1-3-5-7-9-11-13-18-22-26-30-34-38-45(55)44(43-62-52-51(60)50(59)49(58)46(42-54)63-52)53-47(56)39-35-31-27-23-20-16-15-17-21-25-29-33-37-41-61-48(57)40-36-32-28-24-19-14-12-10-8-6-4-2/h10,12,16,18,20,22,27,31,34,38,44-46,49-52,54-55,58-60H,3-9,11,13-15,17,19,21,23-26,28-30,32-33,35-37,39-43H2,1-2H3,(H,53,56)/b12-10-,20-16-,22-18+,31-27-,38-34+. The number of aliphatic hydroxyl groups is 5. The van der Waals surface area contributed by atoms with E-state index in [2.05, 4.69) is 55.6 Å². The summed E-state index contributed by atoms with van der Waals surface area (Å²) in [4.78, 5) is 24.9. The number of aliphatic hydroxyl groups excluding tert-OH is 5. The van der Waals surface area contributed by atoms with Crippen molar-refractivity contribution in [2.75, 3.05) is 19.8 Å². The average molecular weight is 890 g/mol. The van der Waals surface area contributed by atoms with Crippen LogP contribution in [0.1, 0.15) is 194 Å². The molecule has 63 heavy (non-hydrogen) atoms. The van der Waals surface area contributed by atoms with Crippen molar-refractivity contribution in [1.29, 1.82) is 0 Å². The lowest BCUT2D eigenvalue weighted by Crippen LogP contribution is -2.60. The van der Waals surface area contributed by atoms with Gasteiger partial charge in [0.15, 0.2) is 6.29 Å². The lowest BCUT2D eigenvalue weighted by atomic mass is 9.99. The number of rotatable bonds is 41. The molecule has 0 bridgehead atoms. The zero-order valence-electron chi connectivity index (χ0n) is 39.5. The van der Waals surface area contributed by atoms with Crippen LogP contribution in [-0.4, -0.2) is 100 Å². The molecule has 11 nitrogen and oxygen atoms in total. The molecular formula is C52H91NO10. The number of carbonyl (C=O) groups excluding carboxylic acids is 2. The fourth-order valence-electron chi connectivity index (χ4n) is 7.24. The Hall–Kier alpha value is -2.64. The maximum Gasteiger partial charge on any atom is 0.305 e. The first-order chi connectivity index (χ1) is 30.7. The molecule has 1 rings (SSSR count). The lowest BCUT2D eigenvalue weighted by Gasteiger charge is -2.40. The second-order valence-corrected chi connectivity index (χ2v) is 17.1. The summed E-state index contributed by atoms with van der Waals surface area (Å²) in [5.74, 6) is -0.330. The highest BCUT2D eigenvalue weighted by molar-refractivity contribution is 5.76. The number of ether oxygens (including phenoxy) is 3. The van der Waals surface area contributed by atoms with E-state index in [1.54, 1.807) is 6.08 Å². The quantitative estimate of drug-likeness (QED) is 0.0197. The Morgan fingerprint density at radius 1 is 0.587 bits per heavy atom. The first-order valence-corrected chi connectivity index (χ1v) is 25.1. The Morgan fingerprint density at radius 2 is 1.11 bits per heavy atom. The van der Waals surface area contributed by atoms with Crippen LogP contribution in [0.25, 0.3) is 0 Å². The zero-order chi connectivity index (χ0) is 46.0. The fraction of sp³-hybridized carbons (Fsp3) is 0.769. The van der Waals surface area contributed by atoms with Gasteiger partial charge in [0.2, 0.25) is 5.91 Å². The van der Waals surface area contributed by atoms with E-state index < -0.39 is 49.5 Å². The van der Waals surface area contributed by atoms with Crippen molar-refractivity contribution in [3.8, 4) is 0 Å². The molecule has 0 radical (unpaired) electrons. The molecule has 0 aromatic heterocycles. The highest BCUT2D eigenvalue weighted by Gasteiger charge is 2.44. The first kappa shape index (κ1) is 58.4. The van der Waals surface area contributed by atoms with Gasteiger partial charge < -0.3 is 45.1 Å². The van der Waals surface area contributed by atoms with Gasteiger partial charge >= 0.3 is 5.97 Å². The van der Waals surface area contributed by atoms with E-state index in [9.17, 15) is 35.1 Å². The molecule has 1 fully saturated rings. The Bertz CT molecular complexity index is 1230. The summed E-state index contributed by atoms with van der Waals surface area (Å²) in [7, 11) is 0. The van der Waals surface area contributed by atoms with Crippen molar-refractivity contribution in [3.05, 3.63) is 60.8 Å². The van der Waals surface area contributed by atoms with Crippen molar-refractivity contribution in [1.82, 2.24) is 5.32 Å². The van der Waals surface area contributed by atoms with Crippen molar-refractivity contribution in [2.45, 2.75) is 236 Å². The van der Waals surface area contributed by atoms with Crippen LogP contribution < -0.4 is 5.32 Å². The topological polar surface area (TPSA) is 175 Å². The fourth-order valence-corrected chi connectivity index (χ4v) is 7.24. The highest BCUT2D eigenvalue weighted by atomic mass is 16.7. The van der Waals surface area contributed by atoms with Crippen LogP contribution in [-0.2, 0) is 23.8 Å². The van der Waals surface area contributed by atoms with Crippen LogP contribution in [0.15, 0.2) is 60.8 Å². The second-order valence-electron chi connectivity index (χ2n) is 17.1. The van der Waals surface area contributed by atoms with Gasteiger partial charge in [0.05, 0.1) is 32.0 Å². The molecule has 0 aromatic carbocycles. The van der Waals surface area contributed by atoms with Crippen molar-refractivity contribution in [2.24, 2.45) is 0 Å². The van der Waals surface area contributed by atoms with Crippen LogP contribution in [0.3, 0.4) is 0 Å². The summed E-state index contributed by atoms with van der Waals surface area (Å²) in [6, 6.07) is -0.871. The third-order valence-electron chi connectivity index (χ3n) is 11.3. The van der Waals surface area contributed by atoms with E-state index in [-0.39, 0.29) is 24.9 Å². The summed E-state index contributed by atoms with van der Waals surface area (Å²) >= 11 is 0. The van der Waals surface area contributed by atoms with E-state index >= 15 is 0 Å². The van der Waals surface area contributed by atoms with Crippen LogP contribution in [0.5, 0.6) is 0 Å². The molecule has 0 aliphatic carbocycles. The van der Waals surface area contributed by atoms with Crippen LogP contribution in [0.2, 0.25) is 0 Å². The second kappa shape index (κ2) is 42.0. The minimum absolute atomic E-state index is 0.0530. The van der Waals surface area contributed by atoms with E-state index in [4.69, 9.17) is 14.2 Å². The molecule has 0 saturated carbocycles. The molecule has 7 atom stereocenters. The van der Waals surface area contributed by atoms with E-state index in [0.717, 1.165) is 70.6 Å². The van der Waals surface area contributed by atoms with Gasteiger partial charge in [0, 0.05) is 12.8 Å². The van der Waals surface area contributed by atoms with Gasteiger partial charge in [-0.1, -0.05) is 158 Å². The van der Waals surface area contributed by atoms with Gasteiger partial charge in [-0.2, -0.15) is 0 Å². The summed E-state index contributed by atoms with van der Waals surface area (Å²) < 4.78 is 16.6. The molecule has 0 aromatic rings. The molecule has 364 valence electrons. The molecular weight excluding hydrogens is 799 g/mol. The van der Waals surface area contributed by atoms with Gasteiger partial charge in [-0.3, -0.25) is 9.59 Å². The van der Waals surface area contributed by atoms with Gasteiger partial charge in [-0.05, 0) is 83.5 Å². The molecule has 1 heterocycles. The van der Waals surface area contributed by atoms with Crippen molar-refractivity contribution < 1.29 is 49.3 Å². The Kier molecular flexibility index (Phi) is 38.9. The van der Waals surface area contributed by atoms with Gasteiger partial charge in [0.25, 0.3) is 0 Å². The molecule has 11 heteroatoms. The molecule has 1 saturated heterocycles. The largest absolute Gasteiger partial charge is 0.466 e. The van der Waals surface area contributed by atoms with Crippen LogP contribution in [0.4, 0.5) is 0 Å². The average Bonchev–Trinajstić information content (AvgIpc) is 3.28. The molecule has 6 N–H and O–H groups in total. The molecule has 1 aliphatic rings. The smallest absolute Gasteiger partial charge is 0.305 e. The van der Waals surface area contributed by atoms with E-state index in [1.807, 2.05) is 18.2 Å². The molecule has 0 spiro atoms. The lowest BCUT2D eigenvalue weighted by molar-refractivity contribution is -0.302. The van der Waals surface area contributed by atoms with Crippen molar-refractivity contribution >= 4 is 11.9 Å². The minimum Gasteiger partial charge on any atom is -0.466 e. The van der Waals surface area contributed by atoms with Gasteiger partial charge in [0.1, 0.15) is 24.4 Å². The number of hydrogen-bond acceptors (Lipinski definition) is 10. The zero-order valence-corrected chi connectivity index (χ0v) is 39.5. The Balaban J connectivity index is 2.26. The third kappa shape index (κ3) is 32.6. The van der Waals surface area contributed by atoms with Gasteiger partial charge in [-0.25, -0.2) is 0 Å². The first-order valence-electron chi connectivity index (χ1n) is 25.1. The van der Waals surface area contributed by atoms with E-state index in [1.165, 1.54) is 89.9 Å². The maximum atomic E-state index is 12.9. The number of nitrogens with one attached hydrogen (secondary N) is 1.